The Morgan fingerprint density at radius 1 is 1.80 bits per heavy atom. The van der Waals surface area contributed by atoms with Crippen LogP contribution in [0.25, 0.3) is 0 Å². The molecule has 5 nitrogen and oxygen atoms in total. The molecule has 2 rings (SSSR count). The second-order valence-corrected chi connectivity index (χ2v) is 4.15. The number of rotatable bonds is 1. The molecule has 1 aliphatic rings. The minimum absolute atomic E-state index is 0.304. The highest BCUT2D eigenvalue weighted by Crippen LogP contribution is 2.41. The fraction of sp³-hybridized carbons (Fsp3) is 0.222. The molecule has 1 aromatic rings. The van der Waals surface area contributed by atoms with Gasteiger partial charge in [0.25, 0.3) is 5.91 Å². The van der Waals surface area contributed by atoms with Gasteiger partial charge in [0.15, 0.2) is 11.6 Å². The van der Waals surface area contributed by atoms with E-state index in [4.69, 9.17) is 5.26 Å². The van der Waals surface area contributed by atoms with Crippen LogP contribution in [-0.2, 0) is 4.79 Å². The number of nitrogens with zero attached hydrogens (tertiary/aromatic N) is 3. The fourth-order valence-corrected chi connectivity index (χ4v) is 2.54. The summed E-state index contributed by atoms with van der Waals surface area (Å²) in [4.78, 5) is 18.3. The van der Waals surface area contributed by atoms with Crippen molar-refractivity contribution in [3.8, 4) is 6.19 Å². The summed E-state index contributed by atoms with van der Waals surface area (Å²) in [5.41, 5.74) is 0.917. The number of anilines is 1. The van der Waals surface area contributed by atoms with Crippen molar-refractivity contribution in [2.75, 3.05) is 11.9 Å². The molecule has 0 aromatic carbocycles. The number of hydrogen-bond donors (Lipinski definition) is 1. The van der Waals surface area contributed by atoms with E-state index in [9.17, 15) is 4.79 Å². The number of nitriles is 1. The van der Waals surface area contributed by atoms with Gasteiger partial charge in [-0.3, -0.25) is 15.1 Å². The van der Waals surface area contributed by atoms with E-state index in [0.29, 0.717) is 0 Å². The van der Waals surface area contributed by atoms with Crippen LogP contribution in [0.1, 0.15) is 0 Å². The summed E-state index contributed by atoms with van der Waals surface area (Å²) >= 11 is 1.42. The van der Waals surface area contributed by atoms with E-state index in [-0.39, 0.29) is 11.3 Å². The van der Waals surface area contributed by atoms with E-state index in [1.165, 1.54) is 11.8 Å². The Hall–Kier alpha value is -1.74. The standard InChI is InChI=1S/C9H8N4OS/c1-13-6-4-11-3-2-7(6)15-9(13)8(14)12-5-10/h2-4,9H,1H3,(H,12,14). The molecule has 0 aliphatic carbocycles. The van der Waals surface area contributed by atoms with Crippen molar-refractivity contribution < 1.29 is 4.79 Å². The normalized spacial score (nSPS) is 18.1. The maximum atomic E-state index is 11.5. The fourth-order valence-electron chi connectivity index (χ4n) is 1.41. The predicted octanol–water partition coefficient (Wildman–Crippen LogP) is 0.547. The number of aromatic nitrogens is 1. The van der Waals surface area contributed by atoms with Gasteiger partial charge in [-0.2, -0.15) is 5.26 Å². The highest BCUT2D eigenvalue weighted by molar-refractivity contribution is 8.01. The second-order valence-electron chi connectivity index (χ2n) is 3.03. The minimum atomic E-state index is -0.385. The molecule has 0 saturated heterocycles. The molecule has 1 aromatic heterocycles. The Balaban J connectivity index is 2.24. The molecular formula is C9H8N4OS. The van der Waals surface area contributed by atoms with Crippen molar-refractivity contribution in [3.63, 3.8) is 0 Å². The number of likely N-dealkylation sites (N-methyl/N-ethyl adjacent to an activating group) is 1. The summed E-state index contributed by atoms with van der Waals surface area (Å²) in [5, 5.41) is 10.1. The Bertz CT molecular complexity index is 442. The van der Waals surface area contributed by atoms with Crippen molar-refractivity contribution in [2.45, 2.75) is 10.3 Å². The smallest absolute Gasteiger partial charge is 0.266 e. The van der Waals surface area contributed by atoms with E-state index in [1.807, 2.05) is 13.1 Å². The van der Waals surface area contributed by atoms with Gasteiger partial charge < -0.3 is 4.90 Å². The highest BCUT2D eigenvalue weighted by Gasteiger charge is 2.32. The Kier molecular flexibility index (Phi) is 2.47. The van der Waals surface area contributed by atoms with Gasteiger partial charge in [-0.1, -0.05) is 11.8 Å². The van der Waals surface area contributed by atoms with Crippen LogP contribution in [0.2, 0.25) is 0 Å². The van der Waals surface area contributed by atoms with Crippen LogP contribution in [0.5, 0.6) is 0 Å². The minimum Gasteiger partial charge on any atom is -0.352 e. The molecule has 0 radical (unpaired) electrons. The number of hydrogen-bond acceptors (Lipinski definition) is 5. The molecule has 0 bridgehead atoms. The zero-order valence-corrected chi connectivity index (χ0v) is 8.78. The van der Waals surface area contributed by atoms with Crippen molar-refractivity contribution >= 4 is 23.4 Å². The largest absolute Gasteiger partial charge is 0.352 e. The molecular weight excluding hydrogens is 212 g/mol. The van der Waals surface area contributed by atoms with Crippen LogP contribution in [0, 0.1) is 11.5 Å². The van der Waals surface area contributed by atoms with Crippen LogP contribution in [0.3, 0.4) is 0 Å². The first kappa shape index (κ1) is 9.80. The molecule has 1 unspecified atom stereocenters. The first-order valence-electron chi connectivity index (χ1n) is 4.26. The summed E-state index contributed by atoms with van der Waals surface area (Å²) in [6, 6.07) is 1.86. The molecule has 1 amide bonds. The monoisotopic (exact) mass is 220 g/mol. The summed E-state index contributed by atoms with van der Waals surface area (Å²) < 4.78 is 0. The lowest BCUT2D eigenvalue weighted by atomic mass is 10.4. The average Bonchev–Trinajstić information content (AvgIpc) is 2.57. The number of thioether (sulfide) groups is 1. The van der Waals surface area contributed by atoms with Gasteiger partial charge in [-0.15, -0.1) is 0 Å². The van der Waals surface area contributed by atoms with Crippen molar-refractivity contribution in [2.24, 2.45) is 0 Å². The van der Waals surface area contributed by atoms with E-state index in [0.717, 1.165) is 10.6 Å². The number of amides is 1. The lowest BCUT2D eigenvalue weighted by Gasteiger charge is -2.18. The van der Waals surface area contributed by atoms with Crippen LogP contribution < -0.4 is 10.2 Å². The molecule has 0 fully saturated rings. The molecule has 6 heteroatoms. The third-order valence-corrected chi connectivity index (χ3v) is 3.49. The van der Waals surface area contributed by atoms with Crippen LogP contribution in [0.15, 0.2) is 23.4 Å². The summed E-state index contributed by atoms with van der Waals surface area (Å²) in [5.74, 6) is -0.304. The molecule has 2 heterocycles. The van der Waals surface area contributed by atoms with Gasteiger partial charge in [-0.25, -0.2) is 0 Å². The lowest BCUT2D eigenvalue weighted by Crippen LogP contribution is -2.39. The van der Waals surface area contributed by atoms with E-state index in [2.05, 4.69) is 10.3 Å². The SMILES string of the molecule is CN1c2cnccc2SC1C(=O)NC#N. The first-order valence-corrected chi connectivity index (χ1v) is 5.14. The van der Waals surface area contributed by atoms with Crippen molar-refractivity contribution in [1.82, 2.24) is 10.3 Å². The van der Waals surface area contributed by atoms with Gasteiger partial charge in [0.2, 0.25) is 0 Å². The van der Waals surface area contributed by atoms with E-state index in [1.54, 1.807) is 23.5 Å². The van der Waals surface area contributed by atoms with Crippen LogP contribution in [-0.4, -0.2) is 23.3 Å². The zero-order chi connectivity index (χ0) is 10.8. The Morgan fingerprint density at radius 2 is 2.60 bits per heavy atom. The van der Waals surface area contributed by atoms with Gasteiger partial charge in [0, 0.05) is 18.1 Å². The molecule has 15 heavy (non-hydrogen) atoms. The molecule has 1 atom stereocenters. The maximum absolute atomic E-state index is 11.5. The van der Waals surface area contributed by atoms with Crippen molar-refractivity contribution in [3.05, 3.63) is 18.5 Å². The predicted molar refractivity (Wildman–Crippen MR) is 56.0 cm³/mol. The van der Waals surface area contributed by atoms with E-state index < -0.39 is 0 Å². The molecule has 76 valence electrons. The van der Waals surface area contributed by atoms with Crippen LogP contribution >= 0.6 is 11.8 Å². The number of fused-ring (bicyclic) bond motifs is 1. The first-order chi connectivity index (χ1) is 7.24. The Morgan fingerprint density at radius 3 is 3.27 bits per heavy atom. The zero-order valence-electron chi connectivity index (χ0n) is 7.97. The third kappa shape index (κ3) is 1.62. The molecule has 0 spiro atoms. The number of nitrogens with one attached hydrogen (secondary N) is 1. The molecule has 1 N–H and O–H groups in total. The lowest BCUT2D eigenvalue weighted by molar-refractivity contribution is -0.119. The van der Waals surface area contributed by atoms with E-state index >= 15 is 0 Å². The number of carbonyl (C=O) groups excluding carboxylic acids is 1. The highest BCUT2D eigenvalue weighted by atomic mass is 32.2. The topological polar surface area (TPSA) is 69.0 Å². The average molecular weight is 220 g/mol. The maximum Gasteiger partial charge on any atom is 0.266 e. The quantitative estimate of drug-likeness (QED) is 0.553. The molecule has 1 aliphatic heterocycles. The Labute approximate surface area is 91.1 Å². The second kappa shape index (κ2) is 3.79. The summed E-state index contributed by atoms with van der Waals surface area (Å²) in [6.45, 7) is 0. The van der Waals surface area contributed by atoms with Gasteiger partial charge in [0.05, 0.1) is 11.9 Å². The summed E-state index contributed by atoms with van der Waals surface area (Å²) in [7, 11) is 1.81. The van der Waals surface area contributed by atoms with Crippen LogP contribution in [0.4, 0.5) is 5.69 Å². The number of pyridine rings is 1. The summed E-state index contributed by atoms with van der Waals surface area (Å²) in [6.07, 6.45) is 5.03. The molecule has 0 saturated carbocycles. The van der Waals surface area contributed by atoms with Gasteiger partial charge in [0.1, 0.15) is 0 Å². The van der Waals surface area contributed by atoms with Gasteiger partial charge >= 0.3 is 0 Å². The third-order valence-electron chi connectivity index (χ3n) is 2.13. The number of carbonyl (C=O) groups is 1. The van der Waals surface area contributed by atoms with Gasteiger partial charge in [-0.05, 0) is 6.07 Å². The van der Waals surface area contributed by atoms with Crippen molar-refractivity contribution in [1.29, 1.82) is 5.26 Å².